The van der Waals surface area contributed by atoms with Crippen LogP contribution in [-0.2, 0) is 23.9 Å². The molecule has 2 fully saturated rings. The van der Waals surface area contributed by atoms with E-state index in [0.717, 1.165) is 11.3 Å². The fraction of sp³-hybridized carbons (Fsp3) is 0.368. The van der Waals surface area contributed by atoms with E-state index in [1.54, 1.807) is 0 Å². The fourth-order valence-electron chi connectivity index (χ4n) is 4.17. The summed E-state index contributed by atoms with van der Waals surface area (Å²) < 4.78 is 17.7. The van der Waals surface area contributed by atoms with Crippen LogP contribution in [0.15, 0.2) is 36.4 Å². The summed E-state index contributed by atoms with van der Waals surface area (Å²) in [6, 6.07) is 5.12. The number of benzene rings is 1. The second-order valence-electron chi connectivity index (χ2n) is 6.98. The van der Waals surface area contributed by atoms with E-state index in [9.17, 15) is 23.6 Å². The molecule has 8 heteroatoms. The van der Waals surface area contributed by atoms with Crippen LogP contribution < -0.4 is 5.32 Å². The molecule has 0 spiro atoms. The molecule has 3 aliphatic rings. The first-order valence-corrected chi connectivity index (χ1v) is 8.68. The van der Waals surface area contributed by atoms with E-state index in [1.165, 1.54) is 24.3 Å². The number of hydrogen-bond donors (Lipinski definition) is 1. The average Bonchev–Trinajstić information content (AvgIpc) is 3.32. The lowest BCUT2D eigenvalue weighted by molar-refractivity contribution is -0.154. The Hall–Kier alpha value is -3.03. The highest BCUT2D eigenvalue weighted by molar-refractivity contribution is 6.08. The summed E-state index contributed by atoms with van der Waals surface area (Å²) in [6.45, 7) is -1.06. The number of anilines is 1. The molecule has 1 aromatic carbocycles. The first-order valence-electron chi connectivity index (χ1n) is 8.68. The van der Waals surface area contributed by atoms with Crippen LogP contribution in [-0.4, -0.2) is 41.7 Å². The number of nitrogens with one attached hydrogen (secondary N) is 1. The zero-order valence-corrected chi connectivity index (χ0v) is 14.3. The van der Waals surface area contributed by atoms with Crippen LogP contribution in [0.3, 0.4) is 0 Å². The summed E-state index contributed by atoms with van der Waals surface area (Å²) in [5.41, 5.74) is 0.359. The monoisotopic (exact) mass is 372 g/mol. The molecule has 27 heavy (non-hydrogen) atoms. The van der Waals surface area contributed by atoms with Gasteiger partial charge in [-0.05, 0) is 42.5 Å². The summed E-state index contributed by atoms with van der Waals surface area (Å²) in [5, 5.41) is 2.45. The summed E-state index contributed by atoms with van der Waals surface area (Å²) in [5.74, 6) is -3.15. The molecule has 4 rings (SSSR count). The molecule has 140 valence electrons. The van der Waals surface area contributed by atoms with Crippen molar-refractivity contribution >= 4 is 29.4 Å². The number of fused-ring (bicyclic) bond motifs is 5. The van der Waals surface area contributed by atoms with Gasteiger partial charge in [0.25, 0.3) is 5.91 Å². The molecule has 4 atom stereocenters. The van der Waals surface area contributed by atoms with Gasteiger partial charge in [0.15, 0.2) is 6.61 Å². The smallest absolute Gasteiger partial charge is 0.326 e. The first-order chi connectivity index (χ1) is 12.9. The molecule has 0 unspecified atom stereocenters. The van der Waals surface area contributed by atoms with Crippen molar-refractivity contribution in [2.24, 2.45) is 23.7 Å². The largest absolute Gasteiger partial charge is 0.454 e. The highest BCUT2D eigenvalue weighted by Crippen LogP contribution is 2.52. The number of amides is 3. The molecule has 7 nitrogen and oxygen atoms in total. The van der Waals surface area contributed by atoms with E-state index in [4.69, 9.17) is 4.74 Å². The fourth-order valence-corrected chi connectivity index (χ4v) is 4.17. The zero-order valence-electron chi connectivity index (χ0n) is 14.3. The van der Waals surface area contributed by atoms with Crippen LogP contribution in [0.5, 0.6) is 0 Å². The van der Waals surface area contributed by atoms with Crippen molar-refractivity contribution in [2.75, 3.05) is 18.5 Å². The number of carbonyl (C=O) groups excluding carboxylic acids is 4. The van der Waals surface area contributed by atoms with Crippen molar-refractivity contribution < 1.29 is 28.3 Å². The standard InChI is InChI=1S/C19H17FN2O5/c20-12-3-5-13(6-4-12)21-14(23)9-27-15(24)8-22-18(25)16-10-1-2-11(7-10)17(16)19(22)26/h1-6,10-11,16-17H,7-9H2,(H,21,23)/t10-,11+,16-,17+. The highest BCUT2D eigenvalue weighted by atomic mass is 19.1. The normalized spacial score (nSPS) is 27.8. The second-order valence-corrected chi connectivity index (χ2v) is 6.98. The third-order valence-electron chi connectivity index (χ3n) is 5.34. The predicted molar refractivity (Wildman–Crippen MR) is 90.4 cm³/mol. The van der Waals surface area contributed by atoms with Gasteiger partial charge in [-0.1, -0.05) is 12.2 Å². The highest BCUT2D eigenvalue weighted by Gasteiger charge is 2.59. The molecule has 1 heterocycles. The van der Waals surface area contributed by atoms with Crippen molar-refractivity contribution in [3.05, 3.63) is 42.2 Å². The number of imide groups is 1. The number of ether oxygens (including phenoxy) is 1. The number of rotatable bonds is 5. The van der Waals surface area contributed by atoms with Gasteiger partial charge in [0, 0.05) is 5.69 Å². The van der Waals surface area contributed by atoms with Gasteiger partial charge < -0.3 is 10.1 Å². The minimum atomic E-state index is -0.828. The molecule has 1 saturated heterocycles. The third-order valence-corrected chi connectivity index (χ3v) is 5.34. The van der Waals surface area contributed by atoms with Crippen LogP contribution in [0, 0.1) is 29.5 Å². The van der Waals surface area contributed by atoms with Crippen molar-refractivity contribution in [1.29, 1.82) is 0 Å². The predicted octanol–water partition coefficient (Wildman–Crippen LogP) is 1.11. The van der Waals surface area contributed by atoms with E-state index >= 15 is 0 Å². The maximum Gasteiger partial charge on any atom is 0.326 e. The molecule has 1 N–H and O–H groups in total. The zero-order chi connectivity index (χ0) is 19.1. The molecule has 2 bridgehead atoms. The number of carbonyl (C=O) groups is 4. The molecular weight excluding hydrogens is 355 g/mol. The number of halogens is 1. The van der Waals surface area contributed by atoms with Gasteiger partial charge >= 0.3 is 5.97 Å². The van der Waals surface area contributed by atoms with Crippen molar-refractivity contribution in [2.45, 2.75) is 6.42 Å². The Balaban J connectivity index is 1.28. The second kappa shape index (κ2) is 6.61. The van der Waals surface area contributed by atoms with Crippen LogP contribution >= 0.6 is 0 Å². The topological polar surface area (TPSA) is 92.8 Å². The van der Waals surface area contributed by atoms with Crippen molar-refractivity contribution in [3.8, 4) is 0 Å². The quantitative estimate of drug-likeness (QED) is 0.475. The Bertz CT molecular complexity index is 820. The van der Waals surface area contributed by atoms with Crippen molar-refractivity contribution in [1.82, 2.24) is 4.90 Å². The lowest BCUT2D eigenvalue weighted by atomic mass is 9.85. The maximum atomic E-state index is 12.8. The van der Waals surface area contributed by atoms with Gasteiger partial charge in [0.05, 0.1) is 11.8 Å². The lowest BCUT2D eigenvalue weighted by Gasteiger charge is -2.16. The van der Waals surface area contributed by atoms with Crippen LogP contribution in [0.4, 0.5) is 10.1 Å². The Morgan fingerprint density at radius 1 is 1.07 bits per heavy atom. The summed E-state index contributed by atoms with van der Waals surface area (Å²) in [7, 11) is 0. The molecule has 1 aromatic rings. The molecule has 0 radical (unpaired) electrons. The number of nitrogens with zero attached hydrogens (tertiary/aromatic N) is 1. The summed E-state index contributed by atoms with van der Waals surface area (Å²) in [6.07, 6.45) is 4.76. The van der Waals surface area contributed by atoms with Crippen LogP contribution in [0.2, 0.25) is 0 Å². The molecular formula is C19H17FN2O5. The molecule has 2 aliphatic carbocycles. The Labute approximate surface area is 154 Å². The number of likely N-dealkylation sites (tertiary alicyclic amines) is 1. The molecule has 1 saturated carbocycles. The SMILES string of the molecule is O=C(COC(=O)CN1C(=O)[C@@H]2[C@H](C1=O)[C@@H]1C=C[C@H]2C1)Nc1ccc(F)cc1. The van der Waals surface area contributed by atoms with E-state index in [2.05, 4.69) is 5.32 Å². The van der Waals surface area contributed by atoms with Crippen LogP contribution in [0.1, 0.15) is 6.42 Å². The van der Waals surface area contributed by atoms with Gasteiger partial charge in [-0.2, -0.15) is 0 Å². The molecule has 1 aliphatic heterocycles. The van der Waals surface area contributed by atoms with Gasteiger partial charge in [-0.25, -0.2) is 4.39 Å². The molecule has 3 amide bonds. The lowest BCUT2D eigenvalue weighted by Crippen LogP contribution is -2.38. The van der Waals surface area contributed by atoms with Crippen molar-refractivity contribution in [3.63, 3.8) is 0 Å². The van der Waals surface area contributed by atoms with E-state index < -0.39 is 30.8 Å². The Morgan fingerprint density at radius 2 is 1.67 bits per heavy atom. The number of hydrogen-bond acceptors (Lipinski definition) is 5. The Morgan fingerprint density at radius 3 is 2.26 bits per heavy atom. The number of esters is 1. The number of allylic oxidation sites excluding steroid dienone is 2. The minimum Gasteiger partial charge on any atom is -0.454 e. The van der Waals surface area contributed by atoms with Gasteiger partial charge in [0.2, 0.25) is 11.8 Å². The van der Waals surface area contributed by atoms with Gasteiger partial charge in [-0.3, -0.25) is 24.1 Å². The summed E-state index contributed by atoms with van der Waals surface area (Å²) >= 11 is 0. The summed E-state index contributed by atoms with van der Waals surface area (Å²) in [4.78, 5) is 49.7. The first kappa shape index (κ1) is 17.4. The minimum absolute atomic E-state index is 0.0685. The maximum absolute atomic E-state index is 12.8. The van der Waals surface area contributed by atoms with E-state index in [0.29, 0.717) is 5.69 Å². The Kier molecular flexibility index (Phi) is 4.25. The third kappa shape index (κ3) is 3.11. The van der Waals surface area contributed by atoms with E-state index in [-0.39, 0.29) is 35.5 Å². The molecule has 0 aromatic heterocycles. The van der Waals surface area contributed by atoms with Gasteiger partial charge in [0.1, 0.15) is 12.4 Å². The van der Waals surface area contributed by atoms with E-state index in [1.807, 2.05) is 12.2 Å². The van der Waals surface area contributed by atoms with Gasteiger partial charge in [-0.15, -0.1) is 0 Å². The average molecular weight is 372 g/mol. The van der Waals surface area contributed by atoms with Crippen LogP contribution in [0.25, 0.3) is 0 Å².